The molecule has 1 aromatic heterocycles. The normalized spacial score (nSPS) is 15.2. The van der Waals surface area contributed by atoms with E-state index in [1.54, 1.807) is 61.5 Å². The predicted molar refractivity (Wildman–Crippen MR) is 142 cm³/mol. The van der Waals surface area contributed by atoms with Crippen molar-refractivity contribution in [3.8, 4) is 23.0 Å². The van der Waals surface area contributed by atoms with E-state index in [9.17, 15) is 19.8 Å². The van der Waals surface area contributed by atoms with Crippen molar-refractivity contribution in [3.63, 3.8) is 0 Å². The van der Waals surface area contributed by atoms with Crippen molar-refractivity contribution < 1.29 is 38.4 Å². The highest BCUT2D eigenvalue weighted by Crippen LogP contribution is 2.43. The van der Waals surface area contributed by atoms with Crippen molar-refractivity contribution in [2.45, 2.75) is 19.5 Å². The first-order valence-corrected chi connectivity index (χ1v) is 12.3. The third kappa shape index (κ3) is 4.52. The molecule has 1 amide bonds. The van der Waals surface area contributed by atoms with Crippen molar-refractivity contribution in [1.82, 2.24) is 4.90 Å². The molecule has 5 rings (SSSR count). The Morgan fingerprint density at radius 3 is 2.44 bits per heavy atom. The molecule has 0 fully saturated rings. The van der Waals surface area contributed by atoms with Crippen molar-refractivity contribution >= 4 is 22.7 Å². The number of nitrogens with zero attached hydrogens (tertiary/aromatic N) is 1. The Hall–Kier alpha value is -4.92. The number of aliphatic hydroxyl groups is 1. The largest absolute Gasteiger partial charge is 0.504 e. The molecule has 0 radical (unpaired) electrons. The number of methoxy groups -OCH3 is 2. The molecule has 2 heterocycles. The molecule has 0 saturated carbocycles. The quantitative estimate of drug-likeness (QED) is 0.279. The third-order valence-corrected chi connectivity index (χ3v) is 6.63. The van der Waals surface area contributed by atoms with Crippen LogP contribution in [-0.2, 0) is 11.3 Å². The first kappa shape index (κ1) is 25.7. The van der Waals surface area contributed by atoms with E-state index in [4.69, 9.17) is 18.6 Å². The minimum atomic E-state index is -1.01. The first-order chi connectivity index (χ1) is 18.9. The summed E-state index contributed by atoms with van der Waals surface area (Å²) in [5.41, 5.74) is 1.36. The molecule has 1 unspecified atom stereocenters. The van der Waals surface area contributed by atoms with Crippen LogP contribution in [0.25, 0.3) is 11.0 Å². The number of phenols is 1. The number of hydrogen-bond acceptors (Lipinski definition) is 8. The molecule has 2 N–H and O–H groups in total. The Bertz CT molecular complexity index is 1600. The van der Waals surface area contributed by atoms with Gasteiger partial charge >= 0.3 is 0 Å². The van der Waals surface area contributed by atoms with Gasteiger partial charge in [-0.3, -0.25) is 9.59 Å². The maximum atomic E-state index is 13.9. The van der Waals surface area contributed by atoms with Crippen LogP contribution in [0.3, 0.4) is 0 Å². The molecule has 9 heteroatoms. The Kier molecular flexibility index (Phi) is 6.89. The number of carbonyl (C=O) groups excluding carboxylic acids is 2. The summed E-state index contributed by atoms with van der Waals surface area (Å²) in [6, 6.07) is 17.5. The SMILES string of the molecule is CCOc1cc(C2C(C(=O)c3cc4cccc(OC)c4o3)=C(O)C(=O)N2Cc2ccccc2OC)ccc1O. The van der Waals surface area contributed by atoms with Gasteiger partial charge < -0.3 is 33.7 Å². The van der Waals surface area contributed by atoms with Crippen LogP contribution >= 0.6 is 0 Å². The first-order valence-electron chi connectivity index (χ1n) is 12.3. The average Bonchev–Trinajstić information content (AvgIpc) is 3.49. The van der Waals surface area contributed by atoms with Gasteiger partial charge in [0.15, 0.2) is 34.4 Å². The van der Waals surface area contributed by atoms with Crippen molar-refractivity contribution in [1.29, 1.82) is 0 Å². The Labute approximate surface area is 224 Å². The summed E-state index contributed by atoms with van der Waals surface area (Å²) in [7, 11) is 3.02. The molecular formula is C30H27NO8. The van der Waals surface area contributed by atoms with Gasteiger partial charge in [-0.1, -0.05) is 36.4 Å². The highest BCUT2D eigenvalue weighted by Gasteiger charge is 2.45. The lowest BCUT2D eigenvalue weighted by molar-refractivity contribution is -0.130. The van der Waals surface area contributed by atoms with E-state index in [1.807, 2.05) is 6.07 Å². The van der Waals surface area contributed by atoms with Gasteiger partial charge in [-0.25, -0.2) is 0 Å². The zero-order chi connectivity index (χ0) is 27.7. The van der Waals surface area contributed by atoms with Crippen LogP contribution in [0.5, 0.6) is 23.0 Å². The molecule has 0 bridgehead atoms. The number of ketones is 1. The van der Waals surface area contributed by atoms with E-state index in [-0.39, 0.29) is 29.4 Å². The van der Waals surface area contributed by atoms with E-state index < -0.39 is 23.5 Å². The van der Waals surface area contributed by atoms with Crippen molar-refractivity contribution in [2.24, 2.45) is 0 Å². The smallest absolute Gasteiger partial charge is 0.290 e. The van der Waals surface area contributed by atoms with Crippen LogP contribution in [-0.4, -0.2) is 47.6 Å². The van der Waals surface area contributed by atoms with Gasteiger partial charge in [0, 0.05) is 10.9 Å². The molecule has 39 heavy (non-hydrogen) atoms. The number of amides is 1. The van der Waals surface area contributed by atoms with Crippen LogP contribution in [0.15, 0.2) is 82.5 Å². The van der Waals surface area contributed by atoms with Gasteiger partial charge in [0.2, 0.25) is 5.78 Å². The lowest BCUT2D eigenvalue weighted by Gasteiger charge is -2.27. The molecule has 1 atom stereocenters. The summed E-state index contributed by atoms with van der Waals surface area (Å²) in [5, 5.41) is 22.0. The maximum Gasteiger partial charge on any atom is 0.290 e. The fraction of sp³-hybridized carbons (Fsp3) is 0.200. The Morgan fingerprint density at radius 2 is 1.69 bits per heavy atom. The number of phenolic OH excluding ortho intramolecular Hbond substituents is 1. The zero-order valence-electron chi connectivity index (χ0n) is 21.6. The fourth-order valence-corrected chi connectivity index (χ4v) is 4.83. The zero-order valence-corrected chi connectivity index (χ0v) is 21.6. The molecule has 4 aromatic rings. The summed E-state index contributed by atoms with van der Waals surface area (Å²) in [6.07, 6.45) is 0. The molecular weight excluding hydrogens is 502 g/mol. The van der Waals surface area contributed by atoms with E-state index in [2.05, 4.69) is 0 Å². The summed E-state index contributed by atoms with van der Waals surface area (Å²) >= 11 is 0. The van der Waals surface area contributed by atoms with Crippen LogP contribution in [0.1, 0.15) is 34.6 Å². The third-order valence-electron chi connectivity index (χ3n) is 6.63. The number of rotatable bonds is 9. The number of Topliss-reactive ketones (excluding diaryl/α,β-unsaturated/α-hetero) is 1. The van der Waals surface area contributed by atoms with Crippen LogP contribution < -0.4 is 14.2 Å². The van der Waals surface area contributed by atoms with E-state index in [1.165, 1.54) is 25.2 Å². The lowest BCUT2D eigenvalue weighted by Crippen LogP contribution is -2.31. The molecule has 200 valence electrons. The molecule has 1 aliphatic heterocycles. The van der Waals surface area contributed by atoms with Crippen molar-refractivity contribution in [3.05, 3.63) is 94.9 Å². The lowest BCUT2D eigenvalue weighted by atomic mass is 9.94. The summed E-state index contributed by atoms with van der Waals surface area (Å²) in [5.74, 6) is -1.03. The van der Waals surface area contributed by atoms with Gasteiger partial charge in [0.05, 0.1) is 39.0 Å². The van der Waals surface area contributed by atoms with Crippen LogP contribution in [0.4, 0.5) is 0 Å². The van der Waals surface area contributed by atoms with Gasteiger partial charge in [0.25, 0.3) is 5.91 Å². The summed E-state index contributed by atoms with van der Waals surface area (Å²) in [6.45, 7) is 2.10. The highest BCUT2D eigenvalue weighted by atomic mass is 16.5. The summed E-state index contributed by atoms with van der Waals surface area (Å²) in [4.78, 5) is 28.8. The molecule has 0 saturated heterocycles. The van der Waals surface area contributed by atoms with Crippen molar-refractivity contribution in [2.75, 3.05) is 20.8 Å². The molecule has 9 nitrogen and oxygen atoms in total. The maximum absolute atomic E-state index is 13.9. The van der Waals surface area contributed by atoms with E-state index >= 15 is 0 Å². The molecule has 0 aliphatic carbocycles. The van der Waals surface area contributed by atoms with Gasteiger partial charge in [-0.05, 0) is 42.8 Å². The van der Waals surface area contributed by atoms with Gasteiger partial charge in [-0.2, -0.15) is 0 Å². The molecule has 1 aliphatic rings. The number of hydrogen-bond donors (Lipinski definition) is 2. The van der Waals surface area contributed by atoms with Gasteiger partial charge in [-0.15, -0.1) is 0 Å². The number of furan rings is 1. The minimum absolute atomic E-state index is 0.0349. The fourth-order valence-electron chi connectivity index (χ4n) is 4.83. The number of para-hydroxylation sites is 2. The number of aromatic hydroxyl groups is 1. The topological polar surface area (TPSA) is 119 Å². The molecule has 3 aromatic carbocycles. The number of carbonyl (C=O) groups is 2. The second kappa shape index (κ2) is 10.4. The van der Waals surface area contributed by atoms with E-state index in [0.29, 0.717) is 40.2 Å². The Morgan fingerprint density at radius 1 is 0.949 bits per heavy atom. The number of ether oxygens (including phenoxy) is 3. The van der Waals surface area contributed by atoms with Crippen LogP contribution in [0, 0.1) is 0 Å². The van der Waals surface area contributed by atoms with E-state index in [0.717, 1.165) is 0 Å². The molecule has 0 spiro atoms. The second-order valence-corrected chi connectivity index (χ2v) is 8.89. The number of benzene rings is 3. The number of aliphatic hydroxyl groups excluding tert-OH is 1. The Balaban J connectivity index is 1.64. The van der Waals surface area contributed by atoms with Gasteiger partial charge in [0.1, 0.15) is 5.75 Å². The van der Waals surface area contributed by atoms with Crippen LogP contribution in [0.2, 0.25) is 0 Å². The monoisotopic (exact) mass is 529 g/mol. The predicted octanol–water partition coefficient (Wildman–Crippen LogP) is 5.33. The standard InChI is InChI=1S/C30H27NO8/c1-4-38-23-14-17(12-13-20(23)32)26-25(27(33)24-15-18-9-7-11-22(37-3)29(18)39-24)28(34)30(35)31(26)16-19-8-5-6-10-21(19)36-2/h5-15,26,32,34H,4,16H2,1-3H3. The number of fused-ring (bicyclic) bond motifs is 1. The second-order valence-electron chi connectivity index (χ2n) is 8.89. The minimum Gasteiger partial charge on any atom is -0.504 e. The highest BCUT2D eigenvalue weighted by molar-refractivity contribution is 6.16. The summed E-state index contributed by atoms with van der Waals surface area (Å²) < 4.78 is 22.2. The average molecular weight is 530 g/mol.